The predicted molar refractivity (Wildman–Crippen MR) is 106 cm³/mol. The SMILES string of the molecule is CC1=CC(=O)C(C(C)C)=C/C1=N\OC(=O)c1ccc(-c2ccccc2)cc1. The molecule has 1 aliphatic carbocycles. The third kappa shape index (κ3) is 4.29. The van der Waals surface area contributed by atoms with Crippen LogP contribution < -0.4 is 0 Å². The minimum absolute atomic E-state index is 0.0238. The van der Waals surface area contributed by atoms with Crippen molar-refractivity contribution in [3.63, 3.8) is 0 Å². The minimum atomic E-state index is -0.536. The Morgan fingerprint density at radius 3 is 2.19 bits per heavy atom. The van der Waals surface area contributed by atoms with E-state index in [4.69, 9.17) is 4.84 Å². The van der Waals surface area contributed by atoms with Gasteiger partial charge in [-0.15, -0.1) is 0 Å². The Hall–Kier alpha value is -3.27. The molecule has 2 aromatic carbocycles. The first-order valence-corrected chi connectivity index (χ1v) is 8.85. The molecule has 1 aliphatic rings. The number of benzene rings is 2. The predicted octanol–water partition coefficient (Wildman–Crippen LogP) is 4.98. The molecule has 0 aliphatic heterocycles. The fourth-order valence-electron chi connectivity index (χ4n) is 2.81. The van der Waals surface area contributed by atoms with Gasteiger partial charge in [0.25, 0.3) is 0 Å². The van der Waals surface area contributed by atoms with Crippen LogP contribution >= 0.6 is 0 Å². The Morgan fingerprint density at radius 2 is 1.56 bits per heavy atom. The first-order chi connectivity index (χ1) is 13.0. The number of allylic oxidation sites excluding steroid dienone is 4. The van der Waals surface area contributed by atoms with Crippen LogP contribution in [0.25, 0.3) is 11.1 Å². The fourth-order valence-corrected chi connectivity index (χ4v) is 2.81. The maximum absolute atomic E-state index is 12.3. The minimum Gasteiger partial charge on any atom is -0.312 e. The Labute approximate surface area is 158 Å². The number of oxime groups is 1. The summed E-state index contributed by atoms with van der Waals surface area (Å²) in [5.74, 6) is -0.483. The number of carbonyl (C=O) groups is 2. The molecule has 0 atom stereocenters. The van der Waals surface area contributed by atoms with Crippen LogP contribution in [0.5, 0.6) is 0 Å². The molecule has 0 saturated heterocycles. The van der Waals surface area contributed by atoms with Gasteiger partial charge in [-0.1, -0.05) is 61.5 Å². The molecule has 27 heavy (non-hydrogen) atoms. The molecule has 0 N–H and O–H groups in total. The molecule has 0 fully saturated rings. The monoisotopic (exact) mass is 359 g/mol. The highest BCUT2D eigenvalue weighted by Crippen LogP contribution is 2.21. The summed E-state index contributed by atoms with van der Waals surface area (Å²) in [6.07, 6.45) is 3.21. The number of hydrogen-bond donors (Lipinski definition) is 0. The van der Waals surface area contributed by atoms with E-state index in [1.165, 1.54) is 6.08 Å². The first kappa shape index (κ1) is 18.5. The van der Waals surface area contributed by atoms with E-state index < -0.39 is 5.97 Å². The molecule has 4 heteroatoms. The van der Waals surface area contributed by atoms with Crippen LogP contribution in [0.2, 0.25) is 0 Å². The van der Waals surface area contributed by atoms with E-state index in [0.29, 0.717) is 22.4 Å². The van der Waals surface area contributed by atoms with Crippen LogP contribution in [0.15, 0.2) is 83.1 Å². The molecule has 0 bridgehead atoms. The number of ketones is 1. The van der Waals surface area contributed by atoms with Crippen molar-refractivity contribution in [2.24, 2.45) is 11.1 Å². The second kappa shape index (κ2) is 7.96. The molecule has 3 rings (SSSR count). The summed E-state index contributed by atoms with van der Waals surface area (Å²) < 4.78 is 0. The van der Waals surface area contributed by atoms with Crippen LogP contribution in [0.4, 0.5) is 0 Å². The lowest BCUT2D eigenvalue weighted by Gasteiger charge is -2.14. The third-order valence-electron chi connectivity index (χ3n) is 4.40. The summed E-state index contributed by atoms with van der Waals surface area (Å²) >= 11 is 0. The second-order valence-electron chi connectivity index (χ2n) is 6.74. The molecular formula is C23H21NO3. The number of nitrogens with zero attached hydrogens (tertiary/aromatic N) is 1. The topological polar surface area (TPSA) is 55.7 Å². The molecule has 0 heterocycles. The van der Waals surface area contributed by atoms with Crippen molar-refractivity contribution in [2.45, 2.75) is 20.8 Å². The summed E-state index contributed by atoms with van der Waals surface area (Å²) in [6, 6.07) is 17.1. The zero-order chi connectivity index (χ0) is 19.4. The van der Waals surface area contributed by atoms with Gasteiger partial charge >= 0.3 is 5.97 Å². The average Bonchev–Trinajstić information content (AvgIpc) is 2.67. The molecular weight excluding hydrogens is 338 g/mol. The Balaban J connectivity index is 1.75. The molecule has 4 nitrogen and oxygen atoms in total. The van der Waals surface area contributed by atoms with Gasteiger partial charge in [-0.05, 0) is 53.8 Å². The molecule has 2 aromatic rings. The van der Waals surface area contributed by atoms with Crippen LogP contribution in [0.1, 0.15) is 31.1 Å². The van der Waals surface area contributed by atoms with Crippen molar-refractivity contribution in [1.82, 2.24) is 0 Å². The van der Waals surface area contributed by atoms with Crippen LogP contribution in [0, 0.1) is 5.92 Å². The normalized spacial score (nSPS) is 15.6. The number of carbonyl (C=O) groups excluding carboxylic acids is 2. The quantitative estimate of drug-likeness (QED) is 0.439. The smallest absolute Gasteiger partial charge is 0.312 e. The highest BCUT2D eigenvalue weighted by Gasteiger charge is 2.19. The zero-order valence-electron chi connectivity index (χ0n) is 15.6. The summed E-state index contributed by atoms with van der Waals surface area (Å²) in [5.41, 5.74) is 4.34. The van der Waals surface area contributed by atoms with Gasteiger partial charge in [-0.2, -0.15) is 0 Å². The van der Waals surface area contributed by atoms with Gasteiger partial charge in [0.2, 0.25) is 0 Å². The molecule has 136 valence electrons. The molecule has 0 saturated carbocycles. The van der Waals surface area contributed by atoms with Gasteiger partial charge in [-0.25, -0.2) is 4.79 Å². The second-order valence-corrected chi connectivity index (χ2v) is 6.74. The zero-order valence-corrected chi connectivity index (χ0v) is 15.6. The Bertz CT molecular complexity index is 949. The highest BCUT2D eigenvalue weighted by molar-refractivity contribution is 6.21. The van der Waals surface area contributed by atoms with E-state index in [9.17, 15) is 9.59 Å². The van der Waals surface area contributed by atoms with Gasteiger partial charge in [0.1, 0.15) is 5.71 Å². The number of hydrogen-bond acceptors (Lipinski definition) is 4. The molecule has 0 unspecified atom stereocenters. The third-order valence-corrected chi connectivity index (χ3v) is 4.40. The Morgan fingerprint density at radius 1 is 0.926 bits per heavy atom. The van der Waals surface area contributed by atoms with E-state index in [1.54, 1.807) is 25.1 Å². The van der Waals surface area contributed by atoms with Crippen molar-refractivity contribution >= 4 is 17.5 Å². The summed E-state index contributed by atoms with van der Waals surface area (Å²) in [4.78, 5) is 29.4. The highest BCUT2D eigenvalue weighted by atomic mass is 16.7. The van der Waals surface area contributed by atoms with Gasteiger partial charge < -0.3 is 4.84 Å². The lowest BCUT2D eigenvalue weighted by molar-refractivity contribution is -0.111. The first-order valence-electron chi connectivity index (χ1n) is 8.85. The van der Waals surface area contributed by atoms with Gasteiger partial charge in [-0.3, -0.25) is 4.79 Å². The average molecular weight is 359 g/mol. The van der Waals surface area contributed by atoms with Crippen LogP contribution in [-0.4, -0.2) is 17.5 Å². The van der Waals surface area contributed by atoms with E-state index >= 15 is 0 Å². The lowest BCUT2D eigenvalue weighted by Crippen LogP contribution is -2.16. The van der Waals surface area contributed by atoms with Crippen molar-refractivity contribution in [3.8, 4) is 11.1 Å². The molecule has 0 amide bonds. The molecule has 0 radical (unpaired) electrons. The van der Waals surface area contributed by atoms with Crippen LogP contribution in [0.3, 0.4) is 0 Å². The van der Waals surface area contributed by atoms with Crippen molar-refractivity contribution < 1.29 is 14.4 Å². The summed E-state index contributed by atoms with van der Waals surface area (Å²) in [5, 5.41) is 3.96. The fraction of sp³-hybridized carbons (Fsp3) is 0.174. The lowest BCUT2D eigenvalue weighted by atomic mass is 9.90. The summed E-state index contributed by atoms with van der Waals surface area (Å²) in [7, 11) is 0. The van der Waals surface area contributed by atoms with Crippen molar-refractivity contribution in [1.29, 1.82) is 0 Å². The van der Waals surface area contributed by atoms with E-state index in [0.717, 1.165) is 11.1 Å². The van der Waals surface area contributed by atoms with Crippen molar-refractivity contribution in [3.05, 3.63) is 83.5 Å². The maximum Gasteiger partial charge on any atom is 0.365 e. The van der Waals surface area contributed by atoms with Gasteiger partial charge in [0, 0.05) is 5.57 Å². The van der Waals surface area contributed by atoms with Gasteiger partial charge in [0.15, 0.2) is 5.78 Å². The molecule has 0 aromatic heterocycles. The van der Waals surface area contributed by atoms with E-state index in [1.807, 2.05) is 56.3 Å². The standard InChI is InChI=1S/C23H21NO3/c1-15(2)20-14-21(16(3)13-22(20)25)24-27-23(26)19-11-9-18(10-12-19)17-7-5-4-6-8-17/h4-15H,1-3H3/b24-21+. The Kier molecular flexibility index (Phi) is 5.46. The van der Waals surface area contributed by atoms with Crippen LogP contribution in [-0.2, 0) is 9.63 Å². The van der Waals surface area contributed by atoms with Gasteiger partial charge in [0.05, 0.1) is 5.56 Å². The van der Waals surface area contributed by atoms with E-state index in [-0.39, 0.29) is 11.7 Å². The largest absolute Gasteiger partial charge is 0.365 e. The summed E-state index contributed by atoms with van der Waals surface area (Å²) in [6.45, 7) is 5.65. The van der Waals surface area contributed by atoms with Crippen molar-refractivity contribution in [2.75, 3.05) is 0 Å². The molecule has 0 spiro atoms. The van der Waals surface area contributed by atoms with E-state index in [2.05, 4.69) is 5.16 Å². The number of rotatable bonds is 4. The maximum atomic E-state index is 12.3.